The number of fused-ring (bicyclic) bond motifs is 1. The fraction of sp³-hybridized carbons (Fsp3) is 0.222. The number of hydrogen-bond acceptors (Lipinski definition) is 4. The molecule has 0 aliphatic carbocycles. The highest BCUT2D eigenvalue weighted by Gasteiger charge is 2.24. The number of aryl methyl sites for hydroxylation is 1. The molecular formula is C18H17N3O3S. The van der Waals surface area contributed by atoms with Crippen LogP contribution in [0.25, 0.3) is 0 Å². The van der Waals surface area contributed by atoms with Crippen LogP contribution < -0.4 is 9.62 Å². The Morgan fingerprint density at radius 3 is 2.56 bits per heavy atom. The van der Waals surface area contributed by atoms with Crippen LogP contribution in [0.4, 0.5) is 11.4 Å². The predicted octanol–water partition coefficient (Wildman–Crippen LogP) is 2.52. The quantitative estimate of drug-likeness (QED) is 0.916. The van der Waals surface area contributed by atoms with Gasteiger partial charge < -0.3 is 5.32 Å². The van der Waals surface area contributed by atoms with Crippen molar-refractivity contribution in [3.63, 3.8) is 0 Å². The molecule has 2 aromatic rings. The van der Waals surface area contributed by atoms with Gasteiger partial charge in [-0.05, 0) is 60.9 Å². The van der Waals surface area contributed by atoms with Gasteiger partial charge in [0.25, 0.3) is 5.91 Å². The zero-order valence-corrected chi connectivity index (χ0v) is 14.5. The first-order valence-electron chi connectivity index (χ1n) is 7.80. The number of nitrogens with one attached hydrogen (secondary N) is 1. The van der Waals surface area contributed by atoms with Crippen LogP contribution in [0, 0.1) is 11.3 Å². The minimum Gasteiger partial charge on any atom is -0.322 e. The molecule has 0 unspecified atom stereocenters. The van der Waals surface area contributed by atoms with Gasteiger partial charge in [-0.2, -0.15) is 5.26 Å². The molecule has 0 aromatic heterocycles. The standard InChI is InChI=1S/C18H17N3O3S/c1-25(23,24)21-10-2-3-14-11-15(6-9-17(14)21)18(22)20-16-7-4-13(12-19)5-8-16/h4-9,11H,2-3,10H2,1H3,(H,20,22). The van der Waals surface area contributed by atoms with Crippen LogP contribution in [-0.2, 0) is 16.4 Å². The number of anilines is 2. The Morgan fingerprint density at radius 2 is 1.92 bits per heavy atom. The molecule has 1 heterocycles. The molecule has 0 spiro atoms. The number of amides is 1. The van der Waals surface area contributed by atoms with Gasteiger partial charge in [0, 0.05) is 17.8 Å². The summed E-state index contributed by atoms with van der Waals surface area (Å²) in [5.41, 5.74) is 3.08. The minimum atomic E-state index is -3.32. The van der Waals surface area contributed by atoms with Crippen molar-refractivity contribution in [3.8, 4) is 6.07 Å². The lowest BCUT2D eigenvalue weighted by atomic mass is 10.0. The zero-order valence-electron chi connectivity index (χ0n) is 13.7. The predicted molar refractivity (Wildman–Crippen MR) is 96.1 cm³/mol. The summed E-state index contributed by atoms with van der Waals surface area (Å²) in [6.45, 7) is 0.461. The highest BCUT2D eigenvalue weighted by molar-refractivity contribution is 7.92. The minimum absolute atomic E-state index is 0.274. The van der Waals surface area contributed by atoms with Crippen molar-refractivity contribution in [2.45, 2.75) is 12.8 Å². The molecular weight excluding hydrogens is 338 g/mol. The highest BCUT2D eigenvalue weighted by atomic mass is 32.2. The molecule has 0 radical (unpaired) electrons. The van der Waals surface area contributed by atoms with Crippen molar-refractivity contribution in [2.24, 2.45) is 0 Å². The molecule has 25 heavy (non-hydrogen) atoms. The Labute approximate surface area is 146 Å². The number of carbonyl (C=O) groups excluding carboxylic acids is 1. The molecule has 3 rings (SSSR count). The van der Waals surface area contributed by atoms with E-state index >= 15 is 0 Å². The average molecular weight is 355 g/mol. The Bertz CT molecular complexity index is 960. The maximum atomic E-state index is 12.4. The SMILES string of the molecule is CS(=O)(=O)N1CCCc2cc(C(=O)Nc3ccc(C#N)cc3)ccc21. The lowest BCUT2D eigenvalue weighted by molar-refractivity contribution is 0.102. The van der Waals surface area contributed by atoms with Crippen LogP contribution >= 0.6 is 0 Å². The molecule has 128 valence electrons. The third-order valence-electron chi connectivity index (χ3n) is 4.09. The van der Waals surface area contributed by atoms with E-state index in [1.807, 2.05) is 6.07 Å². The third kappa shape index (κ3) is 3.64. The van der Waals surface area contributed by atoms with E-state index in [2.05, 4.69) is 5.32 Å². The van der Waals surface area contributed by atoms with Crippen LogP contribution in [0.1, 0.15) is 27.9 Å². The molecule has 6 nitrogen and oxygen atoms in total. The second kappa shape index (κ2) is 6.57. The van der Waals surface area contributed by atoms with E-state index in [1.54, 1.807) is 42.5 Å². The summed E-state index contributed by atoms with van der Waals surface area (Å²) in [7, 11) is -3.32. The Kier molecular flexibility index (Phi) is 4.47. The van der Waals surface area contributed by atoms with Crippen molar-refractivity contribution in [2.75, 3.05) is 22.4 Å². The monoisotopic (exact) mass is 355 g/mol. The number of nitrogens with zero attached hydrogens (tertiary/aromatic N) is 2. The van der Waals surface area contributed by atoms with Gasteiger partial charge in [0.05, 0.1) is 23.6 Å². The van der Waals surface area contributed by atoms with Gasteiger partial charge in [0.2, 0.25) is 10.0 Å². The van der Waals surface area contributed by atoms with Gasteiger partial charge >= 0.3 is 0 Å². The van der Waals surface area contributed by atoms with Gasteiger partial charge in [-0.25, -0.2) is 8.42 Å². The summed E-state index contributed by atoms with van der Waals surface area (Å²) in [5.74, 6) is -0.274. The average Bonchev–Trinajstić information content (AvgIpc) is 2.60. The highest BCUT2D eigenvalue weighted by Crippen LogP contribution is 2.30. The van der Waals surface area contributed by atoms with Gasteiger partial charge in [0.15, 0.2) is 0 Å². The van der Waals surface area contributed by atoms with E-state index < -0.39 is 10.0 Å². The summed E-state index contributed by atoms with van der Waals surface area (Å²) < 4.78 is 25.2. The fourth-order valence-corrected chi connectivity index (χ4v) is 3.88. The number of hydrogen-bond donors (Lipinski definition) is 1. The molecule has 1 N–H and O–H groups in total. The normalized spacial score (nSPS) is 13.7. The summed E-state index contributed by atoms with van der Waals surface area (Å²) in [5, 5.41) is 11.6. The Morgan fingerprint density at radius 1 is 1.20 bits per heavy atom. The number of benzene rings is 2. The second-order valence-corrected chi connectivity index (χ2v) is 7.83. The first kappa shape index (κ1) is 17.0. The summed E-state index contributed by atoms with van der Waals surface area (Å²) in [6, 6.07) is 13.7. The molecule has 7 heteroatoms. The largest absolute Gasteiger partial charge is 0.322 e. The molecule has 1 aliphatic rings. The molecule has 0 saturated carbocycles. The summed E-state index contributed by atoms with van der Waals surface area (Å²) >= 11 is 0. The molecule has 0 bridgehead atoms. The van der Waals surface area contributed by atoms with Gasteiger partial charge in [-0.15, -0.1) is 0 Å². The van der Waals surface area contributed by atoms with Crippen LogP contribution in [0.2, 0.25) is 0 Å². The van der Waals surface area contributed by atoms with Gasteiger partial charge in [-0.1, -0.05) is 0 Å². The molecule has 0 atom stereocenters. The van der Waals surface area contributed by atoms with E-state index in [1.165, 1.54) is 10.6 Å². The lowest BCUT2D eigenvalue weighted by Gasteiger charge is -2.29. The Hall–Kier alpha value is -2.85. The lowest BCUT2D eigenvalue weighted by Crippen LogP contribution is -2.34. The first-order valence-corrected chi connectivity index (χ1v) is 9.65. The first-order chi connectivity index (χ1) is 11.9. The molecule has 0 fully saturated rings. The number of rotatable bonds is 3. The smallest absolute Gasteiger partial charge is 0.255 e. The zero-order chi connectivity index (χ0) is 18.0. The van der Waals surface area contributed by atoms with Crippen molar-refractivity contribution in [3.05, 3.63) is 59.2 Å². The van der Waals surface area contributed by atoms with Crippen molar-refractivity contribution in [1.29, 1.82) is 5.26 Å². The van der Waals surface area contributed by atoms with Crippen LogP contribution in [0.15, 0.2) is 42.5 Å². The van der Waals surface area contributed by atoms with E-state index in [9.17, 15) is 13.2 Å². The number of nitriles is 1. The van der Waals surface area contributed by atoms with Crippen LogP contribution in [0.5, 0.6) is 0 Å². The van der Waals surface area contributed by atoms with Crippen LogP contribution in [0.3, 0.4) is 0 Å². The number of sulfonamides is 1. The summed E-state index contributed by atoms with van der Waals surface area (Å²) in [4.78, 5) is 12.4. The maximum absolute atomic E-state index is 12.4. The Balaban J connectivity index is 1.84. The molecule has 0 saturated heterocycles. The topological polar surface area (TPSA) is 90.3 Å². The van der Waals surface area contributed by atoms with E-state index in [-0.39, 0.29) is 5.91 Å². The third-order valence-corrected chi connectivity index (χ3v) is 5.27. The van der Waals surface area contributed by atoms with E-state index in [0.717, 1.165) is 18.4 Å². The molecule has 1 amide bonds. The van der Waals surface area contributed by atoms with E-state index in [4.69, 9.17) is 5.26 Å². The van der Waals surface area contributed by atoms with Gasteiger partial charge in [-0.3, -0.25) is 9.10 Å². The van der Waals surface area contributed by atoms with Crippen LogP contribution in [-0.4, -0.2) is 27.1 Å². The second-order valence-electron chi connectivity index (χ2n) is 5.93. The number of carbonyl (C=O) groups is 1. The molecule has 1 aliphatic heterocycles. The van der Waals surface area contributed by atoms with Crippen molar-refractivity contribution < 1.29 is 13.2 Å². The van der Waals surface area contributed by atoms with Crippen molar-refractivity contribution >= 4 is 27.3 Å². The maximum Gasteiger partial charge on any atom is 0.255 e. The summed E-state index contributed by atoms with van der Waals surface area (Å²) in [6.07, 6.45) is 2.65. The molecule has 2 aromatic carbocycles. The van der Waals surface area contributed by atoms with Gasteiger partial charge in [0.1, 0.15) is 0 Å². The fourth-order valence-electron chi connectivity index (χ4n) is 2.88. The van der Waals surface area contributed by atoms with E-state index in [0.29, 0.717) is 29.0 Å². The van der Waals surface area contributed by atoms with Crippen molar-refractivity contribution in [1.82, 2.24) is 0 Å².